The van der Waals surface area contributed by atoms with Crippen molar-refractivity contribution in [3.05, 3.63) is 59.2 Å². The van der Waals surface area contributed by atoms with Crippen LogP contribution in [0.4, 0.5) is 11.4 Å². The van der Waals surface area contributed by atoms with Crippen molar-refractivity contribution in [1.82, 2.24) is 4.98 Å². The lowest BCUT2D eigenvalue weighted by Crippen LogP contribution is -2.12. The second-order valence-electron chi connectivity index (χ2n) is 5.10. The number of carbonyl (C=O) groups is 2. The predicted octanol–water partition coefficient (Wildman–Crippen LogP) is 4.03. The minimum atomic E-state index is -0.260. The van der Waals surface area contributed by atoms with E-state index < -0.39 is 0 Å². The number of aromatic nitrogens is 1. The minimum absolute atomic E-state index is 0.142. The number of anilines is 2. The molecule has 0 spiro atoms. The average Bonchev–Trinajstić information content (AvgIpc) is 2.94. The van der Waals surface area contributed by atoms with Crippen LogP contribution in [0, 0.1) is 0 Å². The second-order valence-corrected chi connectivity index (χ2v) is 5.51. The fraction of sp³-hybridized carbons (Fsp3) is 0.0588. The maximum atomic E-state index is 12.3. The number of hydrogen-bond acceptors (Lipinski definition) is 2. The summed E-state index contributed by atoms with van der Waals surface area (Å²) in [4.78, 5) is 26.3. The summed E-state index contributed by atoms with van der Waals surface area (Å²) in [6, 6.07) is 14.1. The molecule has 3 rings (SSSR count). The monoisotopic (exact) mass is 327 g/mol. The van der Waals surface area contributed by atoms with Crippen molar-refractivity contribution in [2.75, 3.05) is 10.6 Å². The molecule has 3 N–H and O–H groups in total. The van der Waals surface area contributed by atoms with E-state index in [0.29, 0.717) is 22.1 Å². The number of nitrogens with one attached hydrogen (secondary N) is 3. The Morgan fingerprint density at radius 1 is 1.00 bits per heavy atom. The molecule has 6 heteroatoms. The van der Waals surface area contributed by atoms with E-state index in [0.717, 1.165) is 10.9 Å². The standard InChI is InChI=1S/C17H14ClN3O2/c1-10(22)19-12-5-7-13(8-6-12)20-17(23)15-9-11-3-2-4-14(18)16(11)21-15/h2-9,21H,1H3,(H,19,22)(H,20,23). The van der Waals surface area contributed by atoms with Gasteiger partial charge in [-0.05, 0) is 36.4 Å². The summed E-state index contributed by atoms with van der Waals surface area (Å²) in [5.41, 5.74) is 2.47. The summed E-state index contributed by atoms with van der Waals surface area (Å²) in [5, 5.41) is 6.91. The summed E-state index contributed by atoms with van der Waals surface area (Å²) in [7, 11) is 0. The van der Waals surface area contributed by atoms with Crippen molar-refractivity contribution >= 4 is 45.7 Å². The molecule has 23 heavy (non-hydrogen) atoms. The first-order valence-electron chi connectivity index (χ1n) is 6.99. The third-order valence-electron chi connectivity index (χ3n) is 3.31. The van der Waals surface area contributed by atoms with Gasteiger partial charge in [0.1, 0.15) is 5.69 Å². The average molecular weight is 328 g/mol. The Hall–Kier alpha value is -2.79. The molecule has 0 fully saturated rings. The van der Waals surface area contributed by atoms with Gasteiger partial charge in [0.25, 0.3) is 5.91 Å². The van der Waals surface area contributed by atoms with E-state index >= 15 is 0 Å². The molecular weight excluding hydrogens is 314 g/mol. The fourth-order valence-corrected chi connectivity index (χ4v) is 2.51. The predicted molar refractivity (Wildman–Crippen MR) is 92.0 cm³/mol. The zero-order valence-corrected chi connectivity index (χ0v) is 13.1. The Labute approximate surface area is 137 Å². The summed E-state index contributed by atoms with van der Waals surface area (Å²) in [6.45, 7) is 1.44. The van der Waals surface area contributed by atoms with Gasteiger partial charge in [-0.2, -0.15) is 0 Å². The van der Waals surface area contributed by atoms with E-state index in [9.17, 15) is 9.59 Å². The molecule has 0 saturated heterocycles. The van der Waals surface area contributed by atoms with Crippen LogP contribution in [0.1, 0.15) is 17.4 Å². The normalized spacial score (nSPS) is 10.5. The van der Waals surface area contributed by atoms with Crippen molar-refractivity contribution in [2.45, 2.75) is 6.92 Å². The van der Waals surface area contributed by atoms with Crippen LogP contribution in [0.15, 0.2) is 48.5 Å². The molecule has 116 valence electrons. The second kappa shape index (κ2) is 6.14. The van der Waals surface area contributed by atoms with Crippen molar-refractivity contribution in [3.8, 4) is 0 Å². The van der Waals surface area contributed by atoms with E-state index in [-0.39, 0.29) is 11.8 Å². The number of halogens is 1. The third-order valence-corrected chi connectivity index (χ3v) is 3.63. The first-order chi connectivity index (χ1) is 11.0. The molecule has 0 aliphatic heterocycles. The molecule has 0 bridgehead atoms. The highest BCUT2D eigenvalue weighted by Gasteiger charge is 2.11. The quantitative estimate of drug-likeness (QED) is 0.679. The van der Waals surface area contributed by atoms with E-state index in [1.165, 1.54) is 6.92 Å². The van der Waals surface area contributed by atoms with Crippen LogP contribution in [0.3, 0.4) is 0 Å². The highest BCUT2D eigenvalue weighted by Crippen LogP contribution is 2.24. The van der Waals surface area contributed by atoms with Crippen LogP contribution in [0.2, 0.25) is 5.02 Å². The molecule has 1 aromatic heterocycles. The van der Waals surface area contributed by atoms with E-state index in [1.807, 2.05) is 12.1 Å². The number of benzene rings is 2. The summed E-state index contributed by atoms with van der Waals surface area (Å²) < 4.78 is 0. The molecule has 0 radical (unpaired) electrons. The number of fused-ring (bicyclic) bond motifs is 1. The van der Waals surface area contributed by atoms with Gasteiger partial charge < -0.3 is 15.6 Å². The van der Waals surface area contributed by atoms with Gasteiger partial charge >= 0.3 is 0 Å². The van der Waals surface area contributed by atoms with Crippen LogP contribution in [0.25, 0.3) is 10.9 Å². The van der Waals surface area contributed by atoms with Crippen LogP contribution < -0.4 is 10.6 Å². The molecule has 0 unspecified atom stereocenters. The van der Waals surface area contributed by atoms with E-state index in [2.05, 4.69) is 15.6 Å². The number of aromatic amines is 1. The lowest BCUT2D eigenvalue weighted by molar-refractivity contribution is -0.114. The van der Waals surface area contributed by atoms with Gasteiger partial charge in [0.2, 0.25) is 5.91 Å². The topological polar surface area (TPSA) is 74.0 Å². The lowest BCUT2D eigenvalue weighted by atomic mass is 10.2. The summed E-state index contributed by atoms with van der Waals surface area (Å²) >= 11 is 6.10. The summed E-state index contributed by atoms with van der Waals surface area (Å²) in [5.74, 6) is -0.402. The zero-order valence-electron chi connectivity index (χ0n) is 12.3. The van der Waals surface area contributed by atoms with Crippen LogP contribution in [-0.2, 0) is 4.79 Å². The molecule has 0 aliphatic carbocycles. The highest BCUT2D eigenvalue weighted by molar-refractivity contribution is 6.35. The first-order valence-corrected chi connectivity index (χ1v) is 7.37. The van der Waals surface area contributed by atoms with Gasteiger partial charge in [-0.3, -0.25) is 9.59 Å². The van der Waals surface area contributed by atoms with Gasteiger partial charge in [-0.25, -0.2) is 0 Å². The van der Waals surface area contributed by atoms with Gasteiger partial charge in [0.15, 0.2) is 0 Å². The molecule has 5 nitrogen and oxygen atoms in total. The van der Waals surface area contributed by atoms with Gasteiger partial charge in [-0.1, -0.05) is 23.7 Å². The SMILES string of the molecule is CC(=O)Nc1ccc(NC(=O)c2cc3cccc(Cl)c3[nH]2)cc1. The van der Waals surface area contributed by atoms with Gasteiger partial charge in [0.05, 0.1) is 10.5 Å². The first kappa shape index (κ1) is 15.1. The summed E-state index contributed by atoms with van der Waals surface area (Å²) in [6.07, 6.45) is 0. The Bertz CT molecular complexity index is 884. The van der Waals surface area contributed by atoms with Crippen LogP contribution >= 0.6 is 11.6 Å². The van der Waals surface area contributed by atoms with Crippen LogP contribution in [0.5, 0.6) is 0 Å². The molecule has 2 amide bonds. The molecule has 0 saturated carbocycles. The zero-order chi connectivity index (χ0) is 16.4. The van der Waals surface area contributed by atoms with Gasteiger partial charge in [0, 0.05) is 23.7 Å². The van der Waals surface area contributed by atoms with Crippen LogP contribution in [-0.4, -0.2) is 16.8 Å². The lowest BCUT2D eigenvalue weighted by Gasteiger charge is -2.06. The molecule has 0 aliphatic rings. The van der Waals surface area contributed by atoms with E-state index in [1.54, 1.807) is 36.4 Å². The fourth-order valence-electron chi connectivity index (χ4n) is 2.28. The number of rotatable bonds is 3. The molecule has 1 heterocycles. The maximum absolute atomic E-state index is 12.3. The molecule has 0 atom stereocenters. The van der Waals surface area contributed by atoms with Crippen molar-refractivity contribution in [3.63, 3.8) is 0 Å². The number of amides is 2. The maximum Gasteiger partial charge on any atom is 0.272 e. The largest absolute Gasteiger partial charge is 0.349 e. The Morgan fingerprint density at radius 3 is 2.26 bits per heavy atom. The Balaban J connectivity index is 1.77. The van der Waals surface area contributed by atoms with E-state index in [4.69, 9.17) is 11.6 Å². The van der Waals surface area contributed by atoms with Gasteiger partial charge in [-0.15, -0.1) is 0 Å². The molecule has 2 aromatic carbocycles. The number of carbonyl (C=O) groups excluding carboxylic acids is 2. The third kappa shape index (κ3) is 3.35. The smallest absolute Gasteiger partial charge is 0.272 e. The van der Waals surface area contributed by atoms with Crippen molar-refractivity contribution in [2.24, 2.45) is 0 Å². The molecular formula is C17H14ClN3O2. The highest BCUT2D eigenvalue weighted by atomic mass is 35.5. The Morgan fingerprint density at radius 2 is 1.65 bits per heavy atom. The van der Waals surface area contributed by atoms with Crippen molar-refractivity contribution < 1.29 is 9.59 Å². The minimum Gasteiger partial charge on any atom is -0.349 e. The number of para-hydroxylation sites is 1. The number of hydrogen-bond donors (Lipinski definition) is 3. The van der Waals surface area contributed by atoms with Crippen molar-refractivity contribution in [1.29, 1.82) is 0 Å². The number of H-pyrrole nitrogens is 1. The molecule has 3 aromatic rings. The Kier molecular flexibility index (Phi) is 4.04.